The van der Waals surface area contributed by atoms with Gasteiger partial charge in [0.15, 0.2) is 0 Å². The summed E-state index contributed by atoms with van der Waals surface area (Å²) in [6.45, 7) is 2.25. The Morgan fingerprint density at radius 2 is 2.00 bits per heavy atom. The number of rotatable bonds is 6. The molecule has 1 aliphatic rings. The summed E-state index contributed by atoms with van der Waals surface area (Å²) in [5.74, 6) is 0. The van der Waals surface area contributed by atoms with Crippen LogP contribution in [0.25, 0.3) is 0 Å². The third-order valence-corrected chi connectivity index (χ3v) is 5.12. The lowest BCUT2D eigenvalue weighted by molar-refractivity contribution is 0.301. The van der Waals surface area contributed by atoms with Gasteiger partial charge in [-0.15, -0.1) is 11.3 Å². The van der Waals surface area contributed by atoms with Gasteiger partial charge in [0.05, 0.1) is 11.2 Å². The van der Waals surface area contributed by atoms with Gasteiger partial charge in [-0.05, 0) is 25.7 Å². The topological polar surface area (TPSA) is 38.9 Å². The van der Waals surface area contributed by atoms with Crippen molar-refractivity contribution in [1.29, 1.82) is 0 Å². The minimum absolute atomic E-state index is 0.107. The fourth-order valence-corrected chi connectivity index (χ4v) is 3.81. The molecule has 0 aliphatic heterocycles. The predicted molar refractivity (Wildman–Crippen MR) is 78.9 cm³/mol. The van der Waals surface area contributed by atoms with Crippen molar-refractivity contribution in [1.82, 2.24) is 4.98 Å². The van der Waals surface area contributed by atoms with E-state index in [-0.39, 0.29) is 5.54 Å². The Morgan fingerprint density at radius 1 is 1.22 bits per heavy atom. The van der Waals surface area contributed by atoms with Gasteiger partial charge < -0.3 is 5.73 Å². The summed E-state index contributed by atoms with van der Waals surface area (Å²) in [7, 11) is 0. The third kappa shape index (κ3) is 3.55. The Labute approximate surface area is 115 Å². The van der Waals surface area contributed by atoms with Crippen LogP contribution >= 0.6 is 11.3 Å². The average Bonchev–Trinajstić information content (AvgIpc) is 2.85. The van der Waals surface area contributed by atoms with Crippen LogP contribution in [0.3, 0.4) is 0 Å². The van der Waals surface area contributed by atoms with Crippen LogP contribution in [-0.4, -0.2) is 4.98 Å². The summed E-state index contributed by atoms with van der Waals surface area (Å²) < 4.78 is 0. The van der Waals surface area contributed by atoms with Crippen molar-refractivity contribution in [3.8, 4) is 0 Å². The molecule has 2 N–H and O–H groups in total. The van der Waals surface area contributed by atoms with Crippen LogP contribution in [0.4, 0.5) is 0 Å². The maximum atomic E-state index is 6.52. The van der Waals surface area contributed by atoms with E-state index in [9.17, 15) is 0 Å². The summed E-state index contributed by atoms with van der Waals surface area (Å²) in [5.41, 5.74) is 7.68. The zero-order valence-electron chi connectivity index (χ0n) is 11.6. The maximum absolute atomic E-state index is 6.52. The van der Waals surface area contributed by atoms with Gasteiger partial charge in [-0.1, -0.05) is 45.4 Å². The fraction of sp³-hybridized carbons (Fsp3) is 0.800. The number of nitrogens with zero attached hydrogens (tertiary/aromatic N) is 1. The van der Waals surface area contributed by atoms with E-state index in [0.29, 0.717) is 0 Å². The summed E-state index contributed by atoms with van der Waals surface area (Å²) in [6, 6.07) is 0. The maximum Gasteiger partial charge on any atom is 0.113 e. The second kappa shape index (κ2) is 6.67. The van der Waals surface area contributed by atoms with E-state index in [1.165, 1.54) is 55.6 Å². The van der Waals surface area contributed by atoms with Gasteiger partial charge in [0.1, 0.15) is 5.01 Å². The van der Waals surface area contributed by atoms with Crippen LogP contribution in [0.2, 0.25) is 0 Å². The van der Waals surface area contributed by atoms with Gasteiger partial charge in [-0.25, -0.2) is 4.98 Å². The highest BCUT2D eigenvalue weighted by Crippen LogP contribution is 2.36. The van der Waals surface area contributed by atoms with Crippen molar-refractivity contribution in [2.75, 3.05) is 0 Å². The lowest BCUT2D eigenvalue weighted by Gasteiger charge is -2.31. The van der Waals surface area contributed by atoms with Crippen LogP contribution in [-0.2, 0) is 12.0 Å². The zero-order chi connectivity index (χ0) is 12.8. The summed E-state index contributed by atoms with van der Waals surface area (Å²) in [6.07, 6.45) is 12.5. The van der Waals surface area contributed by atoms with Gasteiger partial charge in [0.2, 0.25) is 0 Å². The molecular weight excluding hydrogens is 240 g/mol. The molecule has 1 aliphatic carbocycles. The molecule has 1 aromatic rings. The highest BCUT2D eigenvalue weighted by atomic mass is 32.1. The van der Waals surface area contributed by atoms with Crippen molar-refractivity contribution in [3.63, 3.8) is 0 Å². The molecule has 2 rings (SSSR count). The van der Waals surface area contributed by atoms with E-state index in [4.69, 9.17) is 10.7 Å². The molecule has 0 unspecified atom stereocenters. The molecule has 1 saturated carbocycles. The molecule has 3 heteroatoms. The van der Waals surface area contributed by atoms with Gasteiger partial charge in [-0.2, -0.15) is 0 Å². The van der Waals surface area contributed by atoms with Crippen LogP contribution in [0.15, 0.2) is 5.38 Å². The molecule has 18 heavy (non-hydrogen) atoms. The normalized spacial score (nSPS) is 19.0. The summed E-state index contributed by atoms with van der Waals surface area (Å²) >= 11 is 1.78. The SMILES string of the molecule is CCCCCCc1csc(C2(N)CCCCC2)n1. The number of unbranched alkanes of at least 4 members (excludes halogenated alkanes) is 3. The Balaban J connectivity index is 1.88. The van der Waals surface area contributed by atoms with Gasteiger partial charge >= 0.3 is 0 Å². The molecule has 1 heterocycles. The van der Waals surface area contributed by atoms with E-state index in [1.54, 1.807) is 11.3 Å². The van der Waals surface area contributed by atoms with E-state index < -0.39 is 0 Å². The van der Waals surface area contributed by atoms with E-state index in [2.05, 4.69) is 12.3 Å². The number of thiazole rings is 1. The lowest BCUT2D eigenvalue weighted by Crippen LogP contribution is -2.38. The van der Waals surface area contributed by atoms with Crippen LogP contribution in [0.1, 0.15) is 75.4 Å². The molecule has 0 spiro atoms. The monoisotopic (exact) mass is 266 g/mol. The van der Waals surface area contributed by atoms with Crippen LogP contribution in [0, 0.1) is 0 Å². The first-order valence-corrected chi connectivity index (χ1v) is 8.36. The molecule has 0 radical (unpaired) electrons. The molecule has 0 bridgehead atoms. The van der Waals surface area contributed by atoms with Crippen LogP contribution < -0.4 is 5.73 Å². The third-order valence-electron chi connectivity index (χ3n) is 4.01. The summed E-state index contributed by atoms with van der Waals surface area (Å²) in [5, 5.41) is 3.41. The highest BCUT2D eigenvalue weighted by Gasteiger charge is 2.32. The van der Waals surface area contributed by atoms with Crippen molar-refractivity contribution < 1.29 is 0 Å². The lowest BCUT2D eigenvalue weighted by atomic mass is 9.83. The number of nitrogens with two attached hydrogens (primary N) is 1. The highest BCUT2D eigenvalue weighted by molar-refractivity contribution is 7.09. The minimum atomic E-state index is -0.107. The summed E-state index contributed by atoms with van der Waals surface area (Å²) in [4.78, 5) is 4.80. The molecule has 102 valence electrons. The number of hydrogen-bond acceptors (Lipinski definition) is 3. The van der Waals surface area contributed by atoms with Gasteiger partial charge in [0, 0.05) is 5.38 Å². The largest absolute Gasteiger partial charge is 0.319 e. The molecule has 1 fully saturated rings. The predicted octanol–water partition coefficient (Wildman–Crippen LogP) is 4.38. The van der Waals surface area contributed by atoms with Crippen molar-refractivity contribution in [2.45, 2.75) is 76.7 Å². The van der Waals surface area contributed by atoms with E-state index in [0.717, 1.165) is 19.3 Å². The first kappa shape index (κ1) is 14.0. The smallest absolute Gasteiger partial charge is 0.113 e. The molecule has 0 atom stereocenters. The van der Waals surface area contributed by atoms with E-state index in [1.807, 2.05) is 0 Å². The Kier molecular flexibility index (Phi) is 5.19. The van der Waals surface area contributed by atoms with E-state index >= 15 is 0 Å². The Bertz CT molecular complexity index is 353. The van der Waals surface area contributed by atoms with Gasteiger partial charge in [-0.3, -0.25) is 0 Å². The van der Waals surface area contributed by atoms with Gasteiger partial charge in [0.25, 0.3) is 0 Å². The quantitative estimate of drug-likeness (QED) is 0.776. The number of aromatic nitrogens is 1. The van der Waals surface area contributed by atoms with Crippen molar-refractivity contribution in [3.05, 3.63) is 16.1 Å². The standard InChI is InChI=1S/C15H26N2S/c1-2-3-4-6-9-13-12-18-14(17-13)15(16)10-7-5-8-11-15/h12H,2-11,16H2,1H3. The zero-order valence-corrected chi connectivity index (χ0v) is 12.4. The minimum Gasteiger partial charge on any atom is -0.319 e. The average molecular weight is 266 g/mol. The molecule has 0 aromatic carbocycles. The number of hydrogen-bond donors (Lipinski definition) is 1. The first-order chi connectivity index (χ1) is 8.74. The van der Waals surface area contributed by atoms with Crippen molar-refractivity contribution >= 4 is 11.3 Å². The Hall–Kier alpha value is -0.410. The second-order valence-corrected chi connectivity index (χ2v) is 6.53. The second-order valence-electron chi connectivity index (χ2n) is 5.67. The first-order valence-electron chi connectivity index (χ1n) is 7.48. The molecule has 0 amide bonds. The molecular formula is C15H26N2S. The van der Waals surface area contributed by atoms with Crippen LogP contribution in [0.5, 0.6) is 0 Å². The van der Waals surface area contributed by atoms with Crippen molar-refractivity contribution in [2.24, 2.45) is 5.73 Å². The molecule has 2 nitrogen and oxygen atoms in total. The number of aryl methyl sites for hydroxylation is 1. The molecule has 0 saturated heterocycles. The Morgan fingerprint density at radius 3 is 2.72 bits per heavy atom. The fourth-order valence-electron chi connectivity index (χ4n) is 2.78. The molecule has 1 aromatic heterocycles.